The SMILES string of the molecule is C=CCCC(CCSC(C)(C)C)S(=O)(=O)N(Cc1ccc(OC)cc1)Cc1ccc(OC)cc1. The number of hydrogen-bond acceptors (Lipinski definition) is 5. The number of nitrogens with zero attached hydrogens (tertiary/aromatic N) is 1. The van der Waals surface area contributed by atoms with Crippen LogP contribution in [-0.4, -0.2) is 42.7 Å². The number of hydrogen-bond donors (Lipinski definition) is 0. The maximum Gasteiger partial charge on any atom is 0.217 e. The molecule has 7 heteroatoms. The summed E-state index contributed by atoms with van der Waals surface area (Å²) in [6.45, 7) is 10.9. The van der Waals surface area contributed by atoms with Gasteiger partial charge in [-0.15, -0.1) is 6.58 Å². The predicted molar refractivity (Wildman–Crippen MR) is 144 cm³/mol. The molecule has 1 unspecified atom stereocenters. The van der Waals surface area contributed by atoms with Crippen molar-refractivity contribution in [2.24, 2.45) is 0 Å². The normalized spacial score (nSPS) is 13.0. The first-order chi connectivity index (χ1) is 16.1. The van der Waals surface area contributed by atoms with E-state index < -0.39 is 15.3 Å². The van der Waals surface area contributed by atoms with Gasteiger partial charge in [-0.05, 0) is 60.4 Å². The van der Waals surface area contributed by atoms with E-state index in [4.69, 9.17) is 9.47 Å². The fraction of sp³-hybridized carbons (Fsp3) is 0.481. The van der Waals surface area contributed by atoms with Gasteiger partial charge in [0.05, 0.1) is 19.5 Å². The summed E-state index contributed by atoms with van der Waals surface area (Å²) >= 11 is 1.80. The summed E-state index contributed by atoms with van der Waals surface area (Å²) in [6, 6.07) is 15.1. The summed E-state index contributed by atoms with van der Waals surface area (Å²) in [5, 5.41) is -0.461. The van der Waals surface area contributed by atoms with E-state index in [1.807, 2.05) is 48.5 Å². The van der Waals surface area contributed by atoms with Crippen LogP contribution in [0.1, 0.15) is 51.2 Å². The molecule has 0 amide bonds. The molecule has 1 atom stereocenters. The summed E-state index contributed by atoms with van der Waals surface area (Å²) < 4.78 is 40.2. The van der Waals surface area contributed by atoms with Gasteiger partial charge in [-0.2, -0.15) is 16.1 Å². The number of allylic oxidation sites excluding steroid dienone is 1. The lowest BCUT2D eigenvalue weighted by molar-refractivity contribution is 0.388. The molecule has 0 radical (unpaired) electrons. The van der Waals surface area contributed by atoms with Crippen LogP contribution in [-0.2, 0) is 23.1 Å². The number of sulfonamides is 1. The molecule has 0 spiro atoms. The fourth-order valence-corrected chi connectivity index (χ4v) is 6.65. The van der Waals surface area contributed by atoms with Gasteiger partial charge in [0, 0.05) is 17.8 Å². The Bertz CT molecular complexity index is 931. The fourth-order valence-electron chi connectivity index (χ4n) is 3.56. The van der Waals surface area contributed by atoms with Gasteiger partial charge in [-0.3, -0.25) is 0 Å². The van der Waals surface area contributed by atoms with Gasteiger partial charge >= 0.3 is 0 Å². The first-order valence-corrected chi connectivity index (χ1v) is 14.1. The van der Waals surface area contributed by atoms with Crippen molar-refractivity contribution in [2.45, 2.75) is 63.1 Å². The Morgan fingerprint density at radius 2 is 1.38 bits per heavy atom. The molecule has 34 heavy (non-hydrogen) atoms. The molecule has 0 aromatic heterocycles. The van der Waals surface area contributed by atoms with Crippen molar-refractivity contribution < 1.29 is 17.9 Å². The van der Waals surface area contributed by atoms with Gasteiger partial charge in [-0.1, -0.05) is 51.1 Å². The minimum atomic E-state index is -3.57. The van der Waals surface area contributed by atoms with E-state index in [1.54, 1.807) is 36.4 Å². The van der Waals surface area contributed by atoms with Crippen molar-refractivity contribution in [3.63, 3.8) is 0 Å². The highest BCUT2D eigenvalue weighted by molar-refractivity contribution is 8.00. The highest BCUT2D eigenvalue weighted by atomic mass is 32.2. The molecule has 0 fully saturated rings. The summed E-state index contributed by atoms with van der Waals surface area (Å²) in [6.07, 6.45) is 3.65. The van der Waals surface area contributed by atoms with Crippen LogP contribution in [0.25, 0.3) is 0 Å². The van der Waals surface area contributed by atoms with Crippen molar-refractivity contribution in [1.29, 1.82) is 0 Å². The van der Waals surface area contributed by atoms with Crippen LogP contribution in [0.15, 0.2) is 61.2 Å². The van der Waals surface area contributed by atoms with E-state index in [2.05, 4.69) is 27.4 Å². The molecule has 2 aromatic carbocycles. The molecule has 0 saturated heterocycles. The number of methoxy groups -OCH3 is 2. The lowest BCUT2D eigenvalue weighted by Gasteiger charge is -2.29. The second-order valence-electron chi connectivity index (χ2n) is 9.25. The smallest absolute Gasteiger partial charge is 0.217 e. The Kier molecular flexibility index (Phi) is 11.0. The maximum absolute atomic E-state index is 14.0. The molecule has 2 aromatic rings. The Labute approximate surface area is 210 Å². The minimum absolute atomic E-state index is 0.0959. The van der Waals surface area contributed by atoms with Crippen molar-refractivity contribution in [1.82, 2.24) is 4.31 Å². The molecule has 0 aliphatic carbocycles. The Balaban J connectivity index is 2.34. The van der Waals surface area contributed by atoms with E-state index >= 15 is 0 Å². The zero-order chi connectivity index (χ0) is 25.2. The summed E-state index contributed by atoms with van der Waals surface area (Å²) in [7, 11) is -0.331. The lowest BCUT2D eigenvalue weighted by Crippen LogP contribution is -2.38. The van der Waals surface area contributed by atoms with Crippen LogP contribution in [0.2, 0.25) is 0 Å². The van der Waals surface area contributed by atoms with Crippen LogP contribution in [0.5, 0.6) is 11.5 Å². The highest BCUT2D eigenvalue weighted by Gasteiger charge is 2.32. The molecule has 0 N–H and O–H groups in total. The van der Waals surface area contributed by atoms with Gasteiger partial charge in [-0.25, -0.2) is 8.42 Å². The maximum atomic E-state index is 14.0. The first kappa shape index (κ1) is 28.3. The summed E-state index contributed by atoms with van der Waals surface area (Å²) in [5.41, 5.74) is 1.84. The standard InChI is InChI=1S/C27H39NO4S2/c1-7-8-9-26(18-19-33-27(2,3)4)34(29,30)28(20-22-10-14-24(31-5)15-11-22)21-23-12-16-25(32-6)17-13-23/h7,10-17,26H,1,8-9,18-21H2,2-6H3. The molecule has 0 saturated carbocycles. The zero-order valence-corrected chi connectivity index (χ0v) is 22.8. The lowest BCUT2D eigenvalue weighted by atomic mass is 10.2. The van der Waals surface area contributed by atoms with E-state index in [1.165, 1.54) is 0 Å². The quantitative estimate of drug-likeness (QED) is 0.282. The van der Waals surface area contributed by atoms with Gasteiger partial charge in [0.25, 0.3) is 0 Å². The van der Waals surface area contributed by atoms with Crippen molar-refractivity contribution in [2.75, 3.05) is 20.0 Å². The van der Waals surface area contributed by atoms with E-state index in [0.29, 0.717) is 32.4 Å². The van der Waals surface area contributed by atoms with Gasteiger partial charge < -0.3 is 9.47 Å². The molecule has 0 aliphatic heterocycles. The second-order valence-corrected chi connectivity index (χ2v) is 13.4. The second kappa shape index (κ2) is 13.2. The Hall–Kier alpha value is -1.96. The van der Waals surface area contributed by atoms with E-state index in [9.17, 15) is 8.42 Å². The van der Waals surface area contributed by atoms with E-state index in [0.717, 1.165) is 28.4 Å². The average molecular weight is 506 g/mol. The molecule has 0 heterocycles. The Morgan fingerprint density at radius 3 is 1.76 bits per heavy atom. The van der Waals surface area contributed by atoms with Crippen molar-refractivity contribution in [3.8, 4) is 11.5 Å². The van der Waals surface area contributed by atoms with E-state index in [-0.39, 0.29) is 4.75 Å². The predicted octanol–water partition coefficient (Wildman–Crippen LogP) is 6.29. The van der Waals surface area contributed by atoms with Crippen LogP contribution in [0.4, 0.5) is 0 Å². The summed E-state index contributed by atoms with van der Waals surface area (Å²) in [4.78, 5) is 0. The molecule has 2 rings (SSSR count). The van der Waals surface area contributed by atoms with Crippen LogP contribution >= 0.6 is 11.8 Å². The molecular formula is C27H39NO4S2. The third-order valence-corrected chi connectivity index (χ3v) is 9.08. The van der Waals surface area contributed by atoms with Crippen LogP contribution in [0.3, 0.4) is 0 Å². The van der Waals surface area contributed by atoms with Gasteiger partial charge in [0.2, 0.25) is 10.0 Å². The molecular weight excluding hydrogens is 466 g/mol. The summed E-state index contributed by atoms with van der Waals surface area (Å²) in [5.74, 6) is 2.29. The minimum Gasteiger partial charge on any atom is -0.497 e. The topological polar surface area (TPSA) is 55.8 Å². The number of benzene rings is 2. The number of thioether (sulfide) groups is 1. The number of ether oxygens (including phenoxy) is 2. The zero-order valence-electron chi connectivity index (χ0n) is 21.1. The van der Waals surface area contributed by atoms with Crippen molar-refractivity contribution in [3.05, 3.63) is 72.3 Å². The molecule has 0 bridgehead atoms. The third-order valence-electron chi connectivity index (χ3n) is 5.48. The molecule has 0 aliphatic rings. The average Bonchev–Trinajstić information content (AvgIpc) is 2.81. The van der Waals surface area contributed by atoms with Gasteiger partial charge in [0.1, 0.15) is 11.5 Å². The highest BCUT2D eigenvalue weighted by Crippen LogP contribution is 2.29. The third kappa shape index (κ3) is 9.01. The van der Waals surface area contributed by atoms with Gasteiger partial charge in [0.15, 0.2) is 0 Å². The first-order valence-electron chi connectivity index (χ1n) is 11.6. The largest absolute Gasteiger partial charge is 0.497 e. The van der Waals surface area contributed by atoms with Crippen molar-refractivity contribution >= 4 is 21.8 Å². The van der Waals surface area contributed by atoms with Crippen LogP contribution < -0.4 is 9.47 Å². The van der Waals surface area contributed by atoms with Crippen LogP contribution in [0, 0.1) is 0 Å². The monoisotopic (exact) mass is 505 g/mol. The molecule has 5 nitrogen and oxygen atoms in total. The Morgan fingerprint density at radius 1 is 0.912 bits per heavy atom. The molecule has 188 valence electrons. The number of rotatable bonds is 14.